The van der Waals surface area contributed by atoms with E-state index in [1.807, 2.05) is 4.90 Å². The van der Waals surface area contributed by atoms with E-state index >= 15 is 0 Å². The molecule has 0 aromatic heterocycles. The van der Waals surface area contributed by atoms with E-state index in [2.05, 4.69) is 27.7 Å². The Morgan fingerprint density at radius 2 is 1.69 bits per heavy atom. The van der Waals surface area contributed by atoms with Crippen molar-refractivity contribution in [2.45, 2.75) is 41.0 Å². The number of hydrogen-bond acceptors (Lipinski definition) is 1. The lowest BCUT2D eigenvalue weighted by molar-refractivity contribution is -0.129. The second kappa shape index (κ2) is 6.01. The first-order valence-electron chi connectivity index (χ1n) is 5.19. The van der Waals surface area contributed by atoms with Gasteiger partial charge in [-0.05, 0) is 18.3 Å². The van der Waals surface area contributed by atoms with Gasteiger partial charge in [-0.25, -0.2) is 0 Å². The second-order valence-electron chi connectivity index (χ2n) is 4.54. The first-order valence-corrected chi connectivity index (χ1v) is 5.19. The average molecular weight is 185 g/mol. The monoisotopic (exact) mass is 185 g/mol. The van der Waals surface area contributed by atoms with Crippen molar-refractivity contribution in [2.24, 2.45) is 11.8 Å². The number of carbonyl (C=O) groups excluding carboxylic acids is 1. The summed E-state index contributed by atoms with van der Waals surface area (Å²) in [6, 6.07) is 0. The van der Waals surface area contributed by atoms with Gasteiger partial charge in [-0.1, -0.05) is 27.7 Å². The topological polar surface area (TPSA) is 20.3 Å². The number of nitrogens with zero attached hydrogens (tertiary/aromatic N) is 1. The van der Waals surface area contributed by atoms with Crippen molar-refractivity contribution in [3.63, 3.8) is 0 Å². The highest BCUT2D eigenvalue weighted by molar-refractivity contribution is 5.73. The predicted octanol–water partition coefficient (Wildman–Crippen LogP) is 2.54. The smallest absolute Gasteiger partial charge is 0.219 e. The molecule has 0 atom stereocenters. The van der Waals surface area contributed by atoms with Gasteiger partial charge in [-0.2, -0.15) is 0 Å². The van der Waals surface area contributed by atoms with E-state index in [9.17, 15) is 4.79 Å². The van der Waals surface area contributed by atoms with Crippen LogP contribution in [0.3, 0.4) is 0 Å². The predicted molar refractivity (Wildman–Crippen MR) is 56.5 cm³/mol. The van der Waals surface area contributed by atoms with E-state index < -0.39 is 0 Å². The largest absolute Gasteiger partial charge is 0.343 e. The Morgan fingerprint density at radius 3 is 2.00 bits per heavy atom. The average Bonchev–Trinajstić information content (AvgIpc) is 1.96. The molecule has 0 saturated heterocycles. The van der Waals surface area contributed by atoms with E-state index in [0.717, 1.165) is 19.5 Å². The lowest BCUT2D eigenvalue weighted by Crippen LogP contribution is -2.33. The van der Waals surface area contributed by atoms with Crippen LogP contribution < -0.4 is 0 Å². The fraction of sp³-hybridized carbons (Fsp3) is 0.909. The Labute approximate surface area is 82.3 Å². The first kappa shape index (κ1) is 12.5. The third kappa shape index (κ3) is 6.62. The summed E-state index contributed by atoms with van der Waals surface area (Å²) < 4.78 is 0. The Kier molecular flexibility index (Phi) is 5.76. The molecule has 1 amide bonds. The van der Waals surface area contributed by atoms with Crippen molar-refractivity contribution in [2.75, 3.05) is 13.1 Å². The Morgan fingerprint density at radius 1 is 1.15 bits per heavy atom. The molecule has 0 saturated carbocycles. The number of hydrogen-bond donors (Lipinski definition) is 0. The van der Waals surface area contributed by atoms with Gasteiger partial charge in [0.1, 0.15) is 0 Å². The molecule has 0 rings (SSSR count). The summed E-state index contributed by atoms with van der Waals surface area (Å²) in [7, 11) is 0. The van der Waals surface area contributed by atoms with Crippen LogP contribution in [0.1, 0.15) is 41.0 Å². The molecule has 0 unspecified atom stereocenters. The highest BCUT2D eigenvalue weighted by Crippen LogP contribution is 2.05. The zero-order valence-corrected chi connectivity index (χ0v) is 9.63. The summed E-state index contributed by atoms with van der Waals surface area (Å²) in [5.41, 5.74) is 0. The number of carbonyl (C=O) groups is 1. The van der Waals surface area contributed by atoms with E-state index in [1.165, 1.54) is 0 Å². The maximum Gasteiger partial charge on any atom is 0.219 e. The van der Waals surface area contributed by atoms with Gasteiger partial charge in [-0.3, -0.25) is 4.79 Å². The molecule has 0 aromatic carbocycles. The fourth-order valence-corrected chi connectivity index (χ4v) is 1.23. The molecular weight excluding hydrogens is 162 g/mol. The minimum atomic E-state index is 0.203. The summed E-state index contributed by atoms with van der Waals surface area (Å²) in [6.07, 6.45) is 1.10. The molecule has 13 heavy (non-hydrogen) atoms. The summed E-state index contributed by atoms with van der Waals surface area (Å²) in [4.78, 5) is 13.2. The first-order chi connectivity index (χ1) is 5.93. The van der Waals surface area contributed by atoms with Crippen LogP contribution in [0.25, 0.3) is 0 Å². The number of rotatable bonds is 5. The Bertz CT molecular complexity index is 152. The van der Waals surface area contributed by atoms with Gasteiger partial charge in [-0.15, -0.1) is 0 Å². The van der Waals surface area contributed by atoms with E-state index in [4.69, 9.17) is 0 Å². The van der Waals surface area contributed by atoms with Gasteiger partial charge in [0.15, 0.2) is 0 Å². The molecule has 0 N–H and O–H groups in total. The SMILES string of the molecule is CC(=O)N(CCC(C)C)CC(C)C. The molecule has 0 aliphatic carbocycles. The molecule has 2 heteroatoms. The molecule has 0 aliphatic heterocycles. The van der Waals surface area contributed by atoms with Gasteiger partial charge in [0.25, 0.3) is 0 Å². The zero-order valence-electron chi connectivity index (χ0n) is 9.63. The van der Waals surface area contributed by atoms with E-state index in [0.29, 0.717) is 11.8 Å². The van der Waals surface area contributed by atoms with E-state index in [1.54, 1.807) is 6.92 Å². The van der Waals surface area contributed by atoms with Crippen molar-refractivity contribution < 1.29 is 4.79 Å². The molecule has 0 radical (unpaired) electrons. The lowest BCUT2D eigenvalue weighted by atomic mass is 10.1. The van der Waals surface area contributed by atoms with Crippen LogP contribution in [0, 0.1) is 11.8 Å². The molecule has 0 heterocycles. The standard InChI is InChI=1S/C11H23NO/c1-9(2)6-7-12(11(5)13)8-10(3)4/h9-10H,6-8H2,1-5H3. The summed E-state index contributed by atoms with van der Waals surface area (Å²) in [5.74, 6) is 1.44. The van der Waals surface area contributed by atoms with Crippen LogP contribution in [-0.4, -0.2) is 23.9 Å². The number of amides is 1. The Hall–Kier alpha value is -0.530. The van der Waals surface area contributed by atoms with Crippen molar-refractivity contribution >= 4 is 5.91 Å². The highest BCUT2D eigenvalue weighted by atomic mass is 16.2. The second-order valence-corrected chi connectivity index (χ2v) is 4.54. The van der Waals surface area contributed by atoms with Gasteiger partial charge >= 0.3 is 0 Å². The van der Waals surface area contributed by atoms with Gasteiger partial charge in [0.05, 0.1) is 0 Å². The van der Waals surface area contributed by atoms with E-state index in [-0.39, 0.29) is 5.91 Å². The van der Waals surface area contributed by atoms with Gasteiger partial charge in [0.2, 0.25) is 5.91 Å². The molecule has 0 aromatic rings. The summed E-state index contributed by atoms with van der Waals surface area (Å²) >= 11 is 0. The van der Waals surface area contributed by atoms with Crippen LogP contribution in [0.5, 0.6) is 0 Å². The molecular formula is C11H23NO. The quantitative estimate of drug-likeness (QED) is 0.644. The summed E-state index contributed by atoms with van der Waals surface area (Å²) in [5, 5.41) is 0. The molecule has 78 valence electrons. The van der Waals surface area contributed by atoms with Crippen LogP contribution in [-0.2, 0) is 4.79 Å². The molecule has 0 fully saturated rings. The maximum atomic E-state index is 11.2. The van der Waals surface area contributed by atoms with Crippen molar-refractivity contribution in [3.8, 4) is 0 Å². The van der Waals surface area contributed by atoms with Crippen LogP contribution in [0.2, 0.25) is 0 Å². The van der Waals surface area contributed by atoms with Crippen LogP contribution >= 0.6 is 0 Å². The molecule has 0 bridgehead atoms. The van der Waals surface area contributed by atoms with Gasteiger partial charge < -0.3 is 4.90 Å². The molecule has 2 nitrogen and oxygen atoms in total. The third-order valence-corrected chi connectivity index (χ3v) is 2.01. The summed E-state index contributed by atoms with van der Waals surface area (Å²) in [6.45, 7) is 12.1. The maximum absolute atomic E-state index is 11.2. The molecule has 0 aliphatic rings. The zero-order chi connectivity index (χ0) is 10.4. The minimum Gasteiger partial charge on any atom is -0.343 e. The van der Waals surface area contributed by atoms with Crippen molar-refractivity contribution in [1.82, 2.24) is 4.90 Å². The van der Waals surface area contributed by atoms with Crippen LogP contribution in [0.15, 0.2) is 0 Å². The highest BCUT2D eigenvalue weighted by Gasteiger charge is 2.10. The fourth-order valence-electron chi connectivity index (χ4n) is 1.23. The third-order valence-electron chi connectivity index (χ3n) is 2.01. The van der Waals surface area contributed by atoms with Gasteiger partial charge in [0, 0.05) is 20.0 Å². The molecule has 0 spiro atoms. The van der Waals surface area contributed by atoms with Crippen molar-refractivity contribution in [1.29, 1.82) is 0 Å². The Balaban J connectivity index is 3.88. The lowest BCUT2D eigenvalue weighted by Gasteiger charge is -2.23. The van der Waals surface area contributed by atoms with Crippen LogP contribution in [0.4, 0.5) is 0 Å². The van der Waals surface area contributed by atoms with Crippen molar-refractivity contribution in [3.05, 3.63) is 0 Å². The minimum absolute atomic E-state index is 0.203. The normalized spacial score (nSPS) is 11.0.